The molecule has 0 aliphatic rings. The van der Waals surface area contributed by atoms with Crippen LogP contribution >= 0.6 is 522 Å². The van der Waals surface area contributed by atoms with Gasteiger partial charge in [-0.2, -0.15) is 0 Å². The van der Waals surface area contributed by atoms with Crippen molar-refractivity contribution in [3.05, 3.63) is 0 Å². The number of hydrogen-bond acceptors (Lipinski definition) is 1. The van der Waals surface area contributed by atoms with Crippen molar-refractivity contribution in [1.82, 2.24) is 0 Å². The number of alkyl halides is 45. The lowest BCUT2D eigenvalue weighted by Gasteiger charge is -2.59. The standard InChI is InChI=1S/C23HCl45O2/c24-2(25,1(69)70)3(26,27)4(28,29)5(30,31)6(32,33)7(34,35)8(36,37)9(38,39)10(40,41)11(42,43)12(44,45)13(46,47)14(48,49)15(50,51)16(52,53)17(54,55)18(56,57)19(58,59)20(60,61)21(62,63)22(64,65)23(66,67)68/h(H,69,70). The second kappa shape index (κ2) is 24.3. The summed E-state index contributed by atoms with van der Waals surface area (Å²) in [5.41, 5.74) is 0. The number of rotatable bonds is 21. The summed E-state index contributed by atoms with van der Waals surface area (Å²) < 4.78 is -80.9. The number of carboxylic acid groups (broad SMARTS) is 1. The first-order chi connectivity index (χ1) is 29.2. The van der Waals surface area contributed by atoms with E-state index in [0.717, 1.165) is 0 Å². The van der Waals surface area contributed by atoms with Crippen LogP contribution in [0.3, 0.4) is 0 Å². The summed E-state index contributed by atoms with van der Waals surface area (Å²) in [7, 11) is 0. The largest absolute Gasteiger partial charge is 0.479 e. The molecule has 0 aliphatic heterocycles. The third-order valence-electron chi connectivity index (χ3n) is 8.51. The molecule has 0 spiro atoms. The van der Waals surface area contributed by atoms with Gasteiger partial charge in [-0.25, -0.2) is 4.79 Å². The quantitative estimate of drug-likeness (QED) is 0.116. The van der Waals surface area contributed by atoms with Crippen LogP contribution in [0.25, 0.3) is 0 Å². The Hall–Kier alpha value is 12.5. The summed E-state index contributed by atoms with van der Waals surface area (Å²) in [4.78, 5) is 11.9. The number of carbonyl (C=O) groups is 1. The molecule has 0 saturated carbocycles. The smallest absolute Gasteiger partial charge is 0.343 e. The third-order valence-corrected chi connectivity index (χ3v) is 41.2. The topological polar surface area (TPSA) is 37.3 Å². The number of hydrogen-bond donors (Lipinski definition) is 1. The van der Waals surface area contributed by atoms with Crippen molar-refractivity contribution < 1.29 is 9.90 Å². The lowest BCUT2D eigenvalue weighted by atomic mass is 9.95. The summed E-state index contributed by atoms with van der Waals surface area (Å²) in [6.45, 7) is 0. The van der Waals surface area contributed by atoms with E-state index in [1.807, 2.05) is 0 Å². The van der Waals surface area contributed by atoms with Crippen LogP contribution in [0.5, 0.6) is 0 Å². The van der Waals surface area contributed by atoms with Crippen LogP contribution in [-0.2, 0) is 4.79 Å². The van der Waals surface area contributed by atoms with E-state index >= 15 is 0 Å². The van der Waals surface area contributed by atoms with Crippen molar-refractivity contribution in [3.8, 4) is 0 Å². The third kappa shape index (κ3) is 11.8. The first-order valence-electron chi connectivity index (χ1n) is 14.4. The summed E-state index contributed by atoms with van der Waals surface area (Å²) in [6, 6.07) is 0. The lowest BCUT2D eigenvalue weighted by molar-refractivity contribution is -0.138. The van der Waals surface area contributed by atoms with Gasteiger partial charge in [0.05, 0.1) is 0 Å². The fourth-order valence-electron chi connectivity index (χ4n) is 4.06. The Morgan fingerprint density at radius 2 is 0.257 bits per heavy atom. The molecule has 0 amide bonds. The minimum Gasteiger partial charge on any atom is -0.479 e. The SMILES string of the molecule is O=C(O)C(Cl)(Cl)C(Cl)(Cl)C(Cl)(Cl)C(Cl)(Cl)C(Cl)(Cl)C(Cl)(Cl)C(Cl)(Cl)C(Cl)(Cl)C(Cl)(Cl)C(Cl)(Cl)C(Cl)(Cl)C(Cl)(Cl)C(Cl)(Cl)C(Cl)(Cl)C(Cl)(Cl)C(Cl)(Cl)C(Cl)(Cl)C(Cl)(Cl)C(Cl)(Cl)C(Cl)(Cl)C(Cl)(Cl)C(Cl)(Cl)Cl. The highest BCUT2D eigenvalue weighted by Crippen LogP contribution is 2.80. The van der Waals surface area contributed by atoms with Crippen LogP contribution in [0.2, 0.25) is 0 Å². The van der Waals surface area contributed by atoms with Gasteiger partial charge in [0.25, 0.3) is 0 Å². The normalized spacial score (nSPS) is 17.3. The molecular weight excluding hydrogens is 1900 g/mol. The lowest BCUT2D eigenvalue weighted by Crippen LogP contribution is -2.77. The van der Waals surface area contributed by atoms with Gasteiger partial charge in [0.2, 0.25) is 12.5 Å². The highest BCUT2D eigenvalue weighted by molar-refractivity contribution is 6.88. The van der Waals surface area contributed by atoms with E-state index in [9.17, 15) is 9.90 Å². The van der Waals surface area contributed by atoms with Crippen LogP contribution in [0, 0.1) is 0 Å². The first-order valence-corrected chi connectivity index (χ1v) is 31.4. The van der Waals surface area contributed by atoms with E-state index < -0.39 is 101 Å². The van der Waals surface area contributed by atoms with Gasteiger partial charge in [-0.15, -0.1) is 0 Å². The average molecular weight is 1900 g/mol. The fraction of sp³-hybridized carbons (Fsp3) is 0.957. The van der Waals surface area contributed by atoms with Gasteiger partial charge >= 0.3 is 5.97 Å². The molecule has 70 heavy (non-hydrogen) atoms. The second-order valence-electron chi connectivity index (χ2n) is 12.9. The van der Waals surface area contributed by atoms with Crippen molar-refractivity contribution in [2.24, 2.45) is 0 Å². The molecule has 0 radical (unpaired) electrons. The van der Waals surface area contributed by atoms with E-state index in [0.29, 0.717) is 0 Å². The number of aliphatic carboxylic acids is 1. The van der Waals surface area contributed by atoms with Crippen LogP contribution in [-0.4, -0.2) is 106 Å². The molecule has 0 bridgehead atoms. The van der Waals surface area contributed by atoms with Crippen LogP contribution in [0.15, 0.2) is 0 Å². The summed E-state index contributed by atoms with van der Waals surface area (Å²) >= 11 is 289. The Bertz CT molecular complexity index is 1940. The van der Waals surface area contributed by atoms with Crippen LogP contribution in [0.1, 0.15) is 0 Å². The zero-order chi connectivity index (χ0) is 58.6. The van der Waals surface area contributed by atoms with E-state index in [1.54, 1.807) is 0 Å². The first kappa shape index (κ1) is 82.5. The van der Waals surface area contributed by atoms with Gasteiger partial charge in [-0.05, 0) is 0 Å². The van der Waals surface area contributed by atoms with Crippen LogP contribution < -0.4 is 0 Å². The van der Waals surface area contributed by atoms with Gasteiger partial charge in [0.1, 0.15) is 0 Å². The van der Waals surface area contributed by atoms with E-state index in [2.05, 4.69) is 0 Å². The molecule has 0 aliphatic carbocycles. The Kier molecular flexibility index (Phi) is 28.6. The molecule has 0 aromatic rings. The molecule has 0 heterocycles. The molecule has 1 N–H and O–H groups in total. The van der Waals surface area contributed by atoms with Crippen molar-refractivity contribution in [2.75, 3.05) is 0 Å². The molecule has 0 saturated heterocycles. The summed E-state index contributed by atoms with van der Waals surface area (Å²) in [5, 5.41) is 9.58. The maximum Gasteiger partial charge on any atom is 0.343 e. The molecular formula is C23HCl45O2. The zero-order valence-corrected chi connectivity index (χ0v) is 63.4. The minimum absolute atomic E-state index is 2.23. The molecule has 0 unspecified atom stereocenters. The molecule has 2 nitrogen and oxygen atoms in total. The highest BCUT2D eigenvalue weighted by atomic mass is 35.6. The van der Waals surface area contributed by atoms with E-state index in [4.69, 9.17) is 522 Å². The molecule has 0 aromatic carbocycles. The average Bonchev–Trinajstić information content (AvgIpc) is 3.12. The fourth-order valence-corrected chi connectivity index (χ4v) is 19.7. The Balaban J connectivity index is 8.12. The van der Waals surface area contributed by atoms with Crippen molar-refractivity contribution in [2.45, 2.75) is 94.8 Å². The van der Waals surface area contributed by atoms with Gasteiger partial charge in [0.15, 0.2) is 82.3 Å². The van der Waals surface area contributed by atoms with E-state index in [1.165, 1.54) is 0 Å². The Morgan fingerprint density at radius 1 is 0.171 bits per heavy atom. The molecule has 0 rings (SSSR count). The summed E-state index contributed by atoms with van der Waals surface area (Å²) in [6.07, 6.45) is 0. The summed E-state index contributed by atoms with van der Waals surface area (Å²) in [5.74, 6) is -2.23. The molecule has 420 valence electrons. The monoisotopic (exact) mass is 1880 g/mol. The Labute approximate surface area is 621 Å². The zero-order valence-electron chi connectivity index (χ0n) is 29.4. The number of halogens is 45. The van der Waals surface area contributed by atoms with Crippen molar-refractivity contribution >= 4 is 528 Å². The van der Waals surface area contributed by atoms with Gasteiger partial charge in [-0.3, -0.25) is 0 Å². The second-order valence-corrected chi connectivity index (χ2v) is 43.0. The van der Waals surface area contributed by atoms with Crippen molar-refractivity contribution in [3.63, 3.8) is 0 Å². The van der Waals surface area contributed by atoms with Gasteiger partial charge < -0.3 is 5.11 Å². The van der Waals surface area contributed by atoms with Gasteiger partial charge in [0, 0.05) is 0 Å². The maximum absolute atomic E-state index is 11.9. The van der Waals surface area contributed by atoms with Gasteiger partial charge in [-0.1, -0.05) is 522 Å². The molecule has 0 aromatic heterocycles. The van der Waals surface area contributed by atoms with Crippen LogP contribution in [0.4, 0.5) is 0 Å². The Morgan fingerprint density at radius 3 is 0.343 bits per heavy atom. The molecule has 0 atom stereocenters. The molecule has 47 heteroatoms. The minimum atomic E-state index is -3.90. The predicted molar refractivity (Wildman–Crippen MR) is 331 cm³/mol. The predicted octanol–water partition coefficient (Wildman–Crippen LogP) is 26.1. The van der Waals surface area contributed by atoms with E-state index in [-0.39, 0.29) is 0 Å². The molecule has 0 fully saturated rings. The maximum atomic E-state index is 11.9. The highest BCUT2D eigenvalue weighted by Gasteiger charge is 2.90. The number of carboxylic acids is 1. The van der Waals surface area contributed by atoms with Crippen molar-refractivity contribution in [1.29, 1.82) is 0 Å².